The first-order chi connectivity index (χ1) is 18.4. The minimum Gasteiger partial charge on any atom is -0.344 e. The molecule has 1 saturated heterocycles. The van der Waals surface area contributed by atoms with E-state index in [9.17, 15) is 9.59 Å². The molecule has 1 aromatic carbocycles. The minimum atomic E-state index is -0.655. The number of hydrogen-bond acceptors (Lipinski definition) is 5. The van der Waals surface area contributed by atoms with E-state index in [1.165, 1.54) is 32.1 Å². The topological polar surface area (TPSA) is 106 Å². The highest BCUT2D eigenvalue weighted by atomic mass is 35.5. The highest BCUT2D eigenvalue weighted by Gasteiger charge is 2.43. The van der Waals surface area contributed by atoms with Crippen LogP contribution in [0.3, 0.4) is 0 Å². The molecule has 8 nitrogen and oxygen atoms in total. The Morgan fingerprint density at radius 1 is 1.18 bits per heavy atom. The number of piperidine rings is 1. The number of hydrogen-bond donors (Lipinski definition) is 2. The second kappa shape index (κ2) is 13.4. The van der Waals surface area contributed by atoms with Crippen molar-refractivity contribution in [3.8, 4) is 0 Å². The Labute approximate surface area is 231 Å². The molecule has 2 heterocycles. The molecule has 0 spiro atoms. The Kier molecular flexibility index (Phi) is 9.97. The molecule has 38 heavy (non-hydrogen) atoms. The van der Waals surface area contributed by atoms with E-state index < -0.39 is 6.04 Å². The van der Waals surface area contributed by atoms with Crippen LogP contribution in [-0.4, -0.2) is 56.7 Å². The summed E-state index contributed by atoms with van der Waals surface area (Å²) < 4.78 is 1.96. The van der Waals surface area contributed by atoms with Crippen molar-refractivity contribution in [2.45, 2.75) is 82.8 Å². The lowest BCUT2D eigenvalue weighted by atomic mass is 9.63. The van der Waals surface area contributed by atoms with Crippen LogP contribution in [0.4, 0.5) is 0 Å². The van der Waals surface area contributed by atoms with E-state index in [1.54, 1.807) is 18.7 Å². The second-order valence-corrected chi connectivity index (χ2v) is 11.5. The van der Waals surface area contributed by atoms with Crippen molar-refractivity contribution in [3.63, 3.8) is 0 Å². The Balaban J connectivity index is 1.46. The summed E-state index contributed by atoms with van der Waals surface area (Å²) in [4.78, 5) is 32.8. The number of carbonyl (C=O) groups is 2. The van der Waals surface area contributed by atoms with Gasteiger partial charge in [0.25, 0.3) is 0 Å². The van der Waals surface area contributed by atoms with Gasteiger partial charge in [-0.25, -0.2) is 4.98 Å². The van der Waals surface area contributed by atoms with Crippen molar-refractivity contribution in [1.29, 1.82) is 0 Å². The van der Waals surface area contributed by atoms with Gasteiger partial charge in [-0.15, -0.1) is 6.58 Å². The molecule has 0 radical (unpaired) electrons. The van der Waals surface area contributed by atoms with Crippen LogP contribution in [0, 0.1) is 11.3 Å². The average molecular weight is 541 g/mol. The van der Waals surface area contributed by atoms with Crippen molar-refractivity contribution >= 4 is 23.4 Å². The molecule has 2 aromatic rings. The lowest BCUT2D eigenvalue weighted by molar-refractivity contribution is -0.139. The lowest BCUT2D eigenvalue weighted by Crippen LogP contribution is -2.55. The van der Waals surface area contributed by atoms with Gasteiger partial charge in [0.2, 0.25) is 11.8 Å². The Morgan fingerprint density at radius 3 is 2.53 bits per heavy atom. The second-order valence-electron chi connectivity index (χ2n) is 11.1. The van der Waals surface area contributed by atoms with Crippen LogP contribution in [0.2, 0.25) is 5.02 Å². The van der Waals surface area contributed by atoms with E-state index in [0.717, 1.165) is 24.9 Å². The van der Waals surface area contributed by atoms with Crippen LogP contribution in [0.15, 0.2) is 49.6 Å². The molecule has 2 fully saturated rings. The van der Waals surface area contributed by atoms with Gasteiger partial charge in [0.1, 0.15) is 18.7 Å². The maximum absolute atomic E-state index is 13.8. The minimum absolute atomic E-state index is 0.0383. The Bertz CT molecular complexity index is 1040. The first-order valence-corrected chi connectivity index (χ1v) is 14.3. The van der Waals surface area contributed by atoms with E-state index in [2.05, 4.69) is 22.0 Å². The van der Waals surface area contributed by atoms with Crippen molar-refractivity contribution in [2.24, 2.45) is 17.1 Å². The van der Waals surface area contributed by atoms with Crippen LogP contribution >= 0.6 is 11.6 Å². The summed E-state index contributed by atoms with van der Waals surface area (Å²) in [5, 5.41) is 8.03. The van der Waals surface area contributed by atoms with E-state index >= 15 is 0 Å². The van der Waals surface area contributed by atoms with Gasteiger partial charge in [-0.3, -0.25) is 14.3 Å². The van der Waals surface area contributed by atoms with E-state index in [-0.39, 0.29) is 29.7 Å². The van der Waals surface area contributed by atoms with Gasteiger partial charge < -0.3 is 16.0 Å². The molecular weight excluding hydrogens is 500 g/mol. The van der Waals surface area contributed by atoms with Gasteiger partial charge in [0.05, 0.1) is 0 Å². The Morgan fingerprint density at radius 2 is 1.89 bits per heavy atom. The predicted octanol–water partition coefficient (Wildman–Crippen LogP) is 4.14. The number of halogens is 1. The third-order valence-corrected chi connectivity index (χ3v) is 8.64. The first kappa shape index (κ1) is 28.3. The van der Waals surface area contributed by atoms with Crippen molar-refractivity contribution in [1.82, 2.24) is 25.0 Å². The zero-order chi connectivity index (χ0) is 27.0. The zero-order valence-corrected chi connectivity index (χ0v) is 23.0. The molecule has 0 unspecified atom stereocenters. The number of amides is 2. The number of nitrogens with zero attached hydrogens (tertiary/aromatic N) is 4. The quantitative estimate of drug-likeness (QED) is 0.417. The highest BCUT2D eigenvalue weighted by Crippen LogP contribution is 2.47. The van der Waals surface area contributed by atoms with E-state index in [1.807, 2.05) is 33.8 Å². The molecule has 9 heteroatoms. The first-order valence-electron chi connectivity index (χ1n) is 13.9. The molecule has 1 aliphatic heterocycles. The fourth-order valence-electron chi connectivity index (χ4n) is 6.29. The SMILES string of the molecule is C=CC[C@@H](N)CC(=O)N[C@H](Cc1ccc(Cl)cc1)C(=O)N1CCC(Cn2cncn2)(C2CCCCC2)CC1. The number of nitrogens with one attached hydrogen (secondary N) is 1. The van der Waals surface area contributed by atoms with Crippen molar-refractivity contribution in [2.75, 3.05) is 13.1 Å². The van der Waals surface area contributed by atoms with Crippen LogP contribution in [0.1, 0.15) is 63.4 Å². The number of rotatable bonds is 11. The molecule has 1 saturated carbocycles. The molecule has 3 N–H and O–H groups in total. The summed E-state index contributed by atoms with van der Waals surface area (Å²) >= 11 is 6.07. The molecule has 2 aliphatic rings. The molecule has 2 amide bonds. The largest absolute Gasteiger partial charge is 0.344 e. The van der Waals surface area contributed by atoms with Crippen LogP contribution in [0.5, 0.6) is 0 Å². The third-order valence-electron chi connectivity index (χ3n) is 8.39. The average Bonchev–Trinajstić information content (AvgIpc) is 3.43. The fraction of sp³-hybridized carbons (Fsp3) is 0.586. The summed E-state index contributed by atoms with van der Waals surface area (Å²) in [6.07, 6.45) is 14.4. The summed E-state index contributed by atoms with van der Waals surface area (Å²) in [5.41, 5.74) is 7.11. The molecule has 1 aromatic heterocycles. The van der Waals surface area contributed by atoms with Crippen LogP contribution in [0.25, 0.3) is 0 Å². The van der Waals surface area contributed by atoms with Gasteiger partial charge in [0, 0.05) is 43.5 Å². The predicted molar refractivity (Wildman–Crippen MR) is 149 cm³/mol. The van der Waals surface area contributed by atoms with Gasteiger partial charge in [-0.05, 0) is 61.1 Å². The Hall–Kier alpha value is -2.71. The standard InChI is InChI=1S/C29H41ClN6O2/c1-2-6-25(31)18-27(37)34-26(17-22-9-11-24(30)12-10-22)28(38)35-15-13-29(14-16-35,19-36-21-32-20-33-36)23-7-4-3-5-8-23/h2,9-12,20-21,23,25-26H,1,3-8,13-19,31H2,(H,34,37)/t25-,26-/m1/s1. The van der Waals surface area contributed by atoms with Crippen molar-refractivity contribution in [3.05, 3.63) is 60.2 Å². The number of carbonyl (C=O) groups excluding carboxylic acids is 2. The number of likely N-dealkylation sites (tertiary alicyclic amines) is 1. The fourth-order valence-corrected chi connectivity index (χ4v) is 6.41. The number of benzene rings is 1. The molecule has 0 bridgehead atoms. The van der Waals surface area contributed by atoms with Gasteiger partial charge >= 0.3 is 0 Å². The van der Waals surface area contributed by atoms with Crippen LogP contribution < -0.4 is 11.1 Å². The maximum atomic E-state index is 13.8. The van der Waals surface area contributed by atoms with E-state index in [4.69, 9.17) is 17.3 Å². The molecular formula is C29H41ClN6O2. The van der Waals surface area contributed by atoms with Gasteiger partial charge in [0.15, 0.2) is 0 Å². The summed E-state index contributed by atoms with van der Waals surface area (Å²) in [6.45, 7) is 5.88. The normalized spacial score (nSPS) is 19.5. The maximum Gasteiger partial charge on any atom is 0.245 e. The summed E-state index contributed by atoms with van der Waals surface area (Å²) in [7, 11) is 0. The van der Waals surface area contributed by atoms with Crippen LogP contribution in [-0.2, 0) is 22.6 Å². The molecule has 1 aliphatic carbocycles. The molecule has 4 rings (SSSR count). The van der Waals surface area contributed by atoms with E-state index in [0.29, 0.717) is 36.9 Å². The number of aromatic nitrogens is 3. The molecule has 206 valence electrons. The summed E-state index contributed by atoms with van der Waals surface area (Å²) in [6, 6.07) is 6.45. The third kappa shape index (κ3) is 7.44. The summed E-state index contributed by atoms with van der Waals surface area (Å²) in [5.74, 6) is 0.378. The lowest BCUT2D eigenvalue weighted by Gasteiger charge is -2.48. The van der Waals surface area contributed by atoms with Gasteiger partial charge in [-0.2, -0.15) is 5.10 Å². The molecule has 2 atom stereocenters. The zero-order valence-electron chi connectivity index (χ0n) is 22.2. The van der Waals surface area contributed by atoms with Crippen molar-refractivity contribution < 1.29 is 9.59 Å². The number of nitrogens with two attached hydrogens (primary N) is 1. The van der Waals surface area contributed by atoms with Gasteiger partial charge in [-0.1, -0.05) is 49.1 Å². The smallest absolute Gasteiger partial charge is 0.245 e. The monoisotopic (exact) mass is 540 g/mol. The highest BCUT2D eigenvalue weighted by molar-refractivity contribution is 6.30.